The highest BCUT2D eigenvalue weighted by Crippen LogP contribution is 2.38. The summed E-state index contributed by atoms with van der Waals surface area (Å²) in [4.78, 5) is 16.2. The number of ether oxygens (including phenoxy) is 1. The fourth-order valence-electron chi connectivity index (χ4n) is 2.85. The molecule has 1 N–H and O–H groups in total. The Bertz CT molecular complexity index is 953. The van der Waals surface area contributed by atoms with E-state index in [0.717, 1.165) is 6.33 Å². The first kappa shape index (κ1) is 18.3. The Morgan fingerprint density at radius 2 is 2.04 bits per heavy atom. The molecule has 0 radical (unpaired) electrons. The molecule has 4 rings (SSSR count). The van der Waals surface area contributed by atoms with Gasteiger partial charge in [0.1, 0.15) is 23.2 Å². The van der Waals surface area contributed by atoms with Crippen molar-refractivity contribution in [3.63, 3.8) is 0 Å². The molecule has 0 saturated carbocycles. The predicted octanol–water partition coefficient (Wildman–Crippen LogP) is 2.58. The van der Waals surface area contributed by atoms with Crippen molar-refractivity contribution in [1.82, 2.24) is 19.9 Å². The van der Waals surface area contributed by atoms with Gasteiger partial charge in [0.05, 0.1) is 41.0 Å². The summed E-state index contributed by atoms with van der Waals surface area (Å²) in [5.74, 6) is -0.610. The third-order valence-corrected chi connectivity index (χ3v) is 5.98. The van der Waals surface area contributed by atoms with Crippen molar-refractivity contribution in [2.45, 2.75) is 17.1 Å². The van der Waals surface area contributed by atoms with Crippen LogP contribution in [0.4, 0.5) is 19.0 Å². The van der Waals surface area contributed by atoms with Gasteiger partial charge in [-0.15, -0.1) is 11.3 Å². The van der Waals surface area contributed by atoms with Crippen LogP contribution in [0.5, 0.6) is 0 Å². The predicted molar refractivity (Wildman–Crippen MR) is 94.1 cm³/mol. The van der Waals surface area contributed by atoms with E-state index < -0.39 is 28.3 Å². The highest BCUT2D eigenvalue weighted by molar-refractivity contribution is 7.84. The van der Waals surface area contributed by atoms with Crippen LogP contribution in [0, 0.1) is 0 Å². The van der Waals surface area contributed by atoms with Crippen LogP contribution in [0.2, 0.25) is 0 Å². The van der Waals surface area contributed by atoms with E-state index in [9.17, 15) is 17.4 Å². The first-order valence-electron chi connectivity index (χ1n) is 7.97. The summed E-state index contributed by atoms with van der Waals surface area (Å²) in [7, 11) is -1.80. The van der Waals surface area contributed by atoms with Gasteiger partial charge in [-0.1, -0.05) is 0 Å². The minimum atomic E-state index is -4.67. The second-order valence-electron chi connectivity index (χ2n) is 5.82. The Hall–Kier alpha value is -2.05. The molecule has 1 aliphatic rings. The van der Waals surface area contributed by atoms with E-state index in [4.69, 9.17) is 4.74 Å². The molecule has 1 unspecified atom stereocenters. The Balaban J connectivity index is 1.68. The molecule has 3 aromatic heterocycles. The minimum Gasteiger partial charge on any atom is -0.378 e. The number of aromatic nitrogens is 4. The van der Waals surface area contributed by atoms with Crippen LogP contribution < -0.4 is 4.90 Å². The molecule has 0 aliphatic carbocycles. The number of hydrogen-bond acceptors (Lipinski definition) is 7. The standard InChI is InChI=1S/C15H14F3N5O2S2/c16-15(17,18)12-11(19-8-20-13(12)23-1-3-25-4-2-23)7-27(24)14-21-9-5-26-6-10(9)22-14/h5-6,8H,1-4,7H2,(H,21,22). The van der Waals surface area contributed by atoms with Crippen LogP contribution in [0.1, 0.15) is 11.3 Å². The van der Waals surface area contributed by atoms with Gasteiger partial charge >= 0.3 is 6.18 Å². The molecule has 0 bridgehead atoms. The highest BCUT2D eigenvalue weighted by Gasteiger charge is 2.40. The zero-order valence-corrected chi connectivity index (χ0v) is 15.5. The molecule has 4 heterocycles. The molecule has 0 spiro atoms. The van der Waals surface area contributed by atoms with Gasteiger partial charge < -0.3 is 14.6 Å². The van der Waals surface area contributed by atoms with Crippen molar-refractivity contribution < 1.29 is 22.1 Å². The van der Waals surface area contributed by atoms with Crippen molar-refractivity contribution in [1.29, 1.82) is 0 Å². The van der Waals surface area contributed by atoms with Crippen molar-refractivity contribution in [2.24, 2.45) is 0 Å². The maximum absolute atomic E-state index is 13.8. The quantitative estimate of drug-likeness (QED) is 0.703. The van der Waals surface area contributed by atoms with E-state index in [1.54, 1.807) is 10.8 Å². The number of nitrogens with zero attached hydrogens (tertiary/aromatic N) is 4. The van der Waals surface area contributed by atoms with E-state index in [0.29, 0.717) is 37.3 Å². The van der Waals surface area contributed by atoms with Gasteiger partial charge in [-0.05, 0) is 0 Å². The second-order valence-corrected chi connectivity index (χ2v) is 7.93. The Morgan fingerprint density at radius 1 is 1.26 bits per heavy atom. The fraction of sp³-hybridized carbons (Fsp3) is 0.400. The number of alkyl halides is 3. The Morgan fingerprint density at radius 3 is 2.74 bits per heavy atom. The lowest BCUT2D eigenvalue weighted by Crippen LogP contribution is -2.38. The van der Waals surface area contributed by atoms with Gasteiger partial charge in [-0.25, -0.2) is 15.0 Å². The molecule has 1 atom stereocenters. The van der Waals surface area contributed by atoms with Crippen molar-refractivity contribution in [2.75, 3.05) is 31.2 Å². The number of halogens is 3. The normalized spacial score (nSPS) is 16.8. The lowest BCUT2D eigenvalue weighted by atomic mass is 10.2. The van der Waals surface area contributed by atoms with Gasteiger partial charge in [-0.2, -0.15) is 13.2 Å². The first-order chi connectivity index (χ1) is 12.9. The Kier molecular flexibility index (Phi) is 4.86. The average molecular weight is 417 g/mol. The third-order valence-electron chi connectivity index (χ3n) is 4.09. The van der Waals surface area contributed by atoms with Crippen LogP contribution in [-0.4, -0.2) is 50.4 Å². The lowest BCUT2D eigenvalue weighted by Gasteiger charge is -2.30. The summed E-state index contributed by atoms with van der Waals surface area (Å²) >= 11 is 1.43. The summed E-state index contributed by atoms with van der Waals surface area (Å²) in [6, 6.07) is 0. The van der Waals surface area contributed by atoms with E-state index in [-0.39, 0.29) is 16.7 Å². The zero-order chi connectivity index (χ0) is 19.0. The molecule has 12 heteroatoms. The molecule has 0 aromatic carbocycles. The molecular weight excluding hydrogens is 403 g/mol. The molecular formula is C15H14F3N5O2S2. The second kappa shape index (κ2) is 7.17. The lowest BCUT2D eigenvalue weighted by molar-refractivity contribution is -0.138. The fourth-order valence-corrected chi connectivity index (χ4v) is 4.57. The van der Waals surface area contributed by atoms with Gasteiger partial charge in [0, 0.05) is 23.8 Å². The summed E-state index contributed by atoms with van der Waals surface area (Å²) in [6.45, 7) is 1.25. The summed E-state index contributed by atoms with van der Waals surface area (Å²) in [5.41, 5.74) is 0.0800. The van der Waals surface area contributed by atoms with Crippen LogP contribution in [0.25, 0.3) is 11.0 Å². The number of nitrogens with one attached hydrogen (secondary N) is 1. The van der Waals surface area contributed by atoms with Crippen LogP contribution in [0.3, 0.4) is 0 Å². The number of anilines is 1. The smallest absolute Gasteiger partial charge is 0.378 e. The molecule has 1 fully saturated rings. The van der Waals surface area contributed by atoms with E-state index >= 15 is 0 Å². The van der Waals surface area contributed by atoms with E-state index in [1.165, 1.54) is 16.2 Å². The molecule has 1 aliphatic heterocycles. The van der Waals surface area contributed by atoms with Gasteiger partial charge in [0.15, 0.2) is 5.16 Å². The van der Waals surface area contributed by atoms with Gasteiger partial charge in [-0.3, -0.25) is 4.21 Å². The number of fused-ring (bicyclic) bond motifs is 1. The SMILES string of the molecule is O=S(Cc1ncnc(N2CCOCC2)c1C(F)(F)F)c1nc2cscc2[nH]1. The number of rotatable bonds is 4. The van der Waals surface area contributed by atoms with Crippen molar-refractivity contribution in [3.05, 3.63) is 28.3 Å². The largest absolute Gasteiger partial charge is 0.421 e. The number of imidazole rings is 1. The topological polar surface area (TPSA) is 84.0 Å². The van der Waals surface area contributed by atoms with E-state index in [2.05, 4.69) is 19.9 Å². The van der Waals surface area contributed by atoms with Crippen LogP contribution in [-0.2, 0) is 27.5 Å². The monoisotopic (exact) mass is 417 g/mol. The zero-order valence-electron chi connectivity index (χ0n) is 13.8. The Labute approximate surface area is 158 Å². The third kappa shape index (κ3) is 3.69. The molecule has 144 valence electrons. The van der Waals surface area contributed by atoms with Crippen LogP contribution in [0.15, 0.2) is 22.2 Å². The molecule has 27 heavy (non-hydrogen) atoms. The molecule has 0 amide bonds. The maximum atomic E-state index is 13.8. The maximum Gasteiger partial charge on any atom is 0.421 e. The highest BCUT2D eigenvalue weighted by atomic mass is 32.2. The molecule has 1 saturated heterocycles. The number of hydrogen-bond donors (Lipinski definition) is 1. The summed E-state index contributed by atoms with van der Waals surface area (Å²) in [6.07, 6.45) is -3.59. The number of thiophene rings is 1. The van der Waals surface area contributed by atoms with Gasteiger partial charge in [0.25, 0.3) is 0 Å². The van der Waals surface area contributed by atoms with E-state index in [1.807, 2.05) is 0 Å². The van der Waals surface area contributed by atoms with Gasteiger partial charge in [0.2, 0.25) is 0 Å². The number of morpholine rings is 1. The van der Waals surface area contributed by atoms with Crippen molar-refractivity contribution >= 4 is 39.0 Å². The van der Waals surface area contributed by atoms with Crippen molar-refractivity contribution in [3.8, 4) is 0 Å². The minimum absolute atomic E-state index is 0.132. The summed E-state index contributed by atoms with van der Waals surface area (Å²) < 4.78 is 59.1. The molecule has 3 aromatic rings. The summed E-state index contributed by atoms with van der Waals surface area (Å²) in [5, 5.41) is 3.70. The first-order valence-corrected chi connectivity index (χ1v) is 10.2. The van der Waals surface area contributed by atoms with Crippen LogP contribution >= 0.6 is 11.3 Å². The number of H-pyrrole nitrogens is 1. The number of aromatic amines is 1. The molecule has 7 nitrogen and oxygen atoms in total. The average Bonchev–Trinajstić information content (AvgIpc) is 3.23.